The van der Waals surface area contributed by atoms with Crippen LogP contribution in [0.5, 0.6) is 0 Å². The van der Waals surface area contributed by atoms with Crippen molar-refractivity contribution in [3.8, 4) is 0 Å². The van der Waals surface area contributed by atoms with Crippen LogP contribution in [0.4, 0.5) is 10.1 Å². The van der Waals surface area contributed by atoms with E-state index in [1.807, 2.05) is 0 Å². The van der Waals surface area contributed by atoms with Gasteiger partial charge < -0.3 is 16.2 Å². The van der Waals surface area contributed by atoms with Crippen LogP contribution < -0.4 is 11.1 Å². The summed E-state index contributed by atoms with van der Waals surface area (Å²) in [6.45, 7) is 1.86. The van der Waals surface area contributed by atoms with Crippen molar-refractivity contribution in [3.63, 3.8) is 0 Å². The molecule has 1 amide bonds. The molecule has 19 heavy (non-hydrogen) atoms. The molecule has 6 heteroatoms. The number of carbonyl (C=O) groups excluding carboxylic acids is 1. The van der Waals surface area contributed by atoms with Gasteiger partial charge >= 0.3 is 5.97 Å². The van der Waals surface area contributed by atoms with Gasteiger partial charge in [-0.25, -0.2) is 9.18 Å². The number of anilines is 1. The van der Waals surface area contributed by atoms with E-state index in [0.29, 0.717) is 18.5 Å². The first-order valence-electron chi connectivity index (χ1n) is 5.65. The van der Waals surface area contributed by atoms with E-state index in [0.717, 1.165) is 12.1 Å². The van der Waals surface area contributed by atoms with E-state index >= 15 is 0 Å². The third kappa shape index (κ3) is 4.42. The number of hydrogen-bond donors (Lipinski definition) is 3. The summed E-state index contributed by atoms with van der Waals surface area (Å²) in [5.41, 5.74) is 5.71. The molecule has 1 rings (SSSR count). The molecule has 0 atom stereocenters. The van der Waals surface area contributed by atoms with Crippen molar-refractivity contribution in [3.05, 3.63) is 35.2 Å². The highest BCUT2D eigenvalue weighted by Crippen LogP contribution is 2.21. The number of halogens is 1. The maximum atomic E-state index is 13.2. The number of nitrogen functional groups attached to an aromatic ring is 1. The molecule has 0 spiro atoms. The predicted octanol–water partition coefficient (Wildman–Crippen LogP) is 1.65. The number of amides is 1. The van der Waals surface area contributed by atoms with Crippen molar-refractivity contribution in [1.29, 1.82) is 0 Å². The second-order valence-electron chi connectivity index (χ2n) is 3.94. The molecule has 0 saturated heterocycles. The molecular formula is C13H15FN2O3. The average molecular weight is 266 g/mol. The lowest BCUT2D eigenvalue weighted by Gasteiger charge is -2.05. The van der Waals surface area contributed by atoms with E-state index in [1.54, 1.807) is 6.08 Å². The van der Waals surface area contributed by atoms with Gasteiger partial charge in [0.05, 0.1) is 11.3 Å². The van der Waals surface area contributed by atoms with Crippen LogP contribution in [0.15, 0.2) is 18.2 Å². The zero-order valence-corrected chi connectivity index (χ0v) is 10.4. The second-order valence-corrected chi connectivity index (χ2v) is 3.94. The van der Waals surface area contributed by atoms with E-state index in [-0.39, 0.29) is 17.2 Å². The van der Waals surface area contributed by atoms with Crippen molar-refractivity contribution in [1.82, 2.24) is 5.32 Å². The van der Waals surface area contributed by atoms with Gasteiger partial charge in [0.1, 0.15) is 5.82 Å². The first kappa shape index (κ1) is 14.7. The molecule has 0 aliphatic heterocycles. The third-order valence-corrected chi connectivity index (χ3v) is 2.39. The van der Waals surface area contributed by atoms with Gasteiger partial charge in [-0.15, -0.1) is 0 Å². The normalized spacial score (nSPS) is 10.6. The van der Waals surface area contributed by atoms with E-state index in [1.165, 1.54) is 13.0 Å². The van der Waals surface area contributed by atoms with Gasteiger partial charge in [0, 0.05) is 19.0 Å². The number of benzene rings is 1. The van der Waals surface area contributed by atoms with Gasteiger partial charge in [0.25, 0.3) is 0 Å². The molecule has 0 fully saturated rings. The second kappa shape index (κ2) is 6.53. The fourth-order valence-electron chi connectivity index (χ4n) is 1.50. The summed E-state index contributed by atoms with van der Waals surface area (Å²) in [4.78, 5) is 21.5. The third-order valence-electron chi connectivity index (χ3n) is 2.39. The van der Waals surface area contributed by atoms with Gasteiger partial charge in [-0.1, -0.05) is 12.2 Å². The van der Waals surface area contributed by atoms with Crippen molar-refractivity contribution in [2.75, 3.05) is 12.3 Å². The van der Waals surface area contributed by atoms with Crippen molar-refractivity contribution >= 4 is 23.6 Å². The average Bonchev–Trinajstić information content (AvgIpc) is 2.31. The Balaban J connectivity index is 2.80. The highest BCUT2D eigenvalue weighted by atomic mass is 19.1. The molecule has 0 heterocycles. The Bertz CT molecular complexity index is 527. The van der Waals surface area contributed by atoms with Crippen LogP contribution in [0, 0.1) is 5.82 Å². The van der Waals surface area contributed by atoms with Gasteiger partial charge in [-0.2, -0.15) is 0 Å². The van der Waals surface area contributed by atoms with E-state index in [4.69, 9.17) is 10.8 Å². The van der Waals surface area contributed by atoms with Gasteiger partial charge in [0.2, 0.25) is 5.91 Å². The molecule has 0 radical (unpaired) electrons. The van der Waals surface area contributed by atoms with Crippen LogP contribution >= 0.6 is 0 Å². The predicted molar refractivity (Wildman–Crippen MR) is 70.1 cm³/mol. The minimum atomic E-state index is -1.27. The van der Waals surface area contributed by atoms with Crippen molar-refractivity contribution in [2.45, 2.75) is 13.3 Å². The van der Waals surface area contributed by atoms with Crippen molar-refractivity contribution < 1.29 is 19.1 Å². The fourth-order valence-corrected chi connectivity index (χ4v) is 1.50. The Kier molecular flexibility index (Phi) is 5.05. The molecule has 1 aromatic carbocycles. The number of carboxylic acid groups (broad SMARTS) is 1. The lowest BCUT2D eigenvalue weighted by molar-refractivity contribution is -0.118. The molecule has 0 unspecified atom stereocenters. The van der Waals surface area contributed by atoms with Crippen LogP contribution in [-0.4, -0.2) is 23.5 Å². The number of carbonyl (C=O) groups is 2. The van der Waals surface area contributed by atoms with Gasteiger partial charge in [-0.3, -0.25) is 4.79 Å². The minimum absolute atomic E-state index is 0.0182. The smallest absolute Gasteiger partial charge is 0.337 e. The monoisotopic (exact) mass is 266 g/mol. The summed E-state index contributed by atoms with van der Waals surface area (Å²) in [5, 5.41) is 11.5. The van der Waals surface area contributed by atoms with Gasteiger partial charge in [0.15, 0.2) is 0 Å². The van der Waals surface area contributed by atoms with Crippen LogP contribution in [0.2, 0.25) is 0 Å². The largest absolute Gasteiger partial charge is 0.478 e. The zero-order valence-electron chi connectivity index (χ0n) is 10.4. The number of nitrogens with one attached hydrogen (secondary N) is 1. The first-order chi connectivity index (χ1) is 8.91. The Hall–Kier alpha value is -2.37. The first-order valence-corrected chi connectivity index (χ1v) is 5.65. The summed E-state index contributed by atoms with van der Waals surface area (Å²) in [6, 6.07) is 2.04. The number of hydrogen-bond acceptors (Lipinski definition) is 3. The Morgan fingerprint density at radius 2 is 2.16 bits per heavy atom. The standard InChI is InChI=1S/C13H15FN2O3/c1-8(17)16-5-3-2-4-9-6-10(14)7-11(12(9)15)13(18)19/h2,4,6-7H,3,5,15H2,1H3,(H,16,17)(H,18,19). The van der Waals surface area contributed by atoms with Crippen LogP contribution in [0.1, 0.15) is 29.3 Å². The van der Waals surface area contributed by atoms with E-state index in [9.17, 15) is 14.0 Å². The molecule has 0 aliphatic rings. The topological polar surface area (TPSA) is 92.4 Å². The summed E-state index contributed by atoms with van der Waals surface area (Å²) in [7, 11) is 0. The fraction of sp³-hybridized carbons (Fsp3) is 0.231. The molecule has 102 valence electrons. The van der Waals surface area contributed by atoms with Gasteiger partial charge in [-0.05, 0) is 18.6 Å². The summed E-state index contributed by atoms with van der Waals surface area (Å²) >= 11 is 0. The SMILES string of the molecule is CC(=O)NCCC=Cc1cc(F)cc(C(=O)O)c1N. The Labute approximate surface area is 109 Å². The molecule has 0 aliphatic carbocycles. The maximum Gasteiger partial charge on any atom is 0.337 e. The quantitative estimate of drug-likeness (QED) is 0.558. The minimum Gasteiger partial charge on any atom is -0.478 e. The molecule has 5 nitrogen and oxygen atoms in total. The van der Waals surface area contributed by atoms with E-state index in [2.05, 4.69) is 5.32 Å². The molecule has 0 bridgehead atoms. The number of nitrogens with two attached hydrogens (primary N) is 1. The highest BCUT2D eigenvalue weighted by Gasteiger charge is 2.12. The van der Waals surface area contributed by atoms with Crippen LogP contribution in [0.25, 0.3) is 6.08 Å². The Morgan fingerprint density at radius 3 is 2.74 bits per heavy atom. The highest BCUT2D eigenvalue weighted by molar-refractivity contribution is 5.95. The zero-order chi connectivity index (χ0) is 14.4. The lowest BCUT2D eigenvalue weighted by atomic mass is 10.1. The molecule has 1 aromatic rings. The lowest BCUT2D eigenvalue weighted by Crippen LogP contribution is -2.20. The molecule has 0 saturated carbocycles. The number of rotatable bonds is 5. The number of aromatic carboxylic acids is 1. The van der Waals surface area contributed by atoms with Crippen LogP contribution in [0.3, 0.4) is 0 Å². The summed E-state index contributed by atoms with van der Waals surface area (Å²) < 4.78 is 13.2. The summed E-state index contributed by atoms with van der Waals surface area (Å²) in [5.74, 6) is -2.06. The van der Waals surface area contributed by atoms with Crippen LogP contribution in [-0.2, 0) is 4.79 Å². The maximum absolute atomic E-state index is 13.2. The summed E-state index contributed by atoms with van der Waals surface area (Å²) in [6.07, 6.45) is 3.76. The Morgan fingerprint density at radius 1 is 1.47 bits per heavy atom. The van der Waals surface area contributed by atoms with Crippen molar-refractivity contribution in [2.24, 2.45) is 0 Å². The molecule has 4 N–H and O–H groups in total. The van der Waals surface area contributed by atoms with E-state index < -0.39 is 11.8 Å². The molecular weight excluding hydrogens is 251 g/mol. The number of carboxylic acids is 1. The molecule has 0 aromatic heterocycles.